The molecule has 1 aliphatic heterocycles. The van der Waals surface area contributed by atoms with E-state index in [1.54, 1.807) is 0 Å². The molecule has 0 saturated carbocycles. The zero-order valence-electron chi connectivity index (χ0n) is 20.4. The van der Waals surface area contributed by atoms with Crippen molar-refractivity contribution in [2.45, 2.75) is 57.5 Å². The molecule has 0 radical (unpaired) electrons. The summed E-state index contributed by atoms with van der Waals surface area (Å²) in [4.78, 5) is 11.6. The predicted molar refractivity (Wildman–Crippen MR) is 135 cm³/mol. The molecule has 0 aromatic heterocycles. The number of carbonyl (C=O) groups excluding carboxylic acids is 1. The van der Waals surface area contributed by atoms with Gasteiger partial charge in [-0.2, -0.15) is 0 Å². The number of aliphatic hydroxyl groups is 1. The van der Waals surface area contributed by atoms with Crippen molar-refractivity contribution in [1.29, 1.82) is 0 Å². The Labute approximate surface area is 212 Å². The Balaban J connectivity index is 1.57. The quantitative estimate of drug-likeness (QED) is 0.426. The Bertz CT molecular complexity index is 1050. The Morgan fingerprint density at radius 2 is 1.14 bits per heavy atom. The molecule has 0 bridgehead atoms. The molecule has 3 aromatic carbocycles. The van der Waals surface area contributed by atoms with Gasteiger partial charge in [0, 0.05) is 13.5 Å². The lowest BCUT2D eigenvalue weighted by atomic mass is 9.97. The first-order valence-corrected chi connectivity index (χ1v) is 12.1. The molecule has 1 heterocycles. The molecule has 5 atom stereocenters. The van der Waals surface area contributed by atoms with Crippen LogP contribution in [0.15, 0.2) is 91.0 Å². The minimum atomic E-state index is -1.26. The SMILES string of the molecule is CC(=O)NCC1OC(O)C(OCc2ccccc2)C(OCc2ccccc2)C1OCc1ccccc1. The fourth-order valence-electron chi connectivity index (χ4n) is 4.17. The number of aliphatic hydroxyl groups excluding tert-OH is 1. The monoisotopic (exact) mass is 491 g/mol. The molecule has 1 fully saturated rings. The van der Waals surface area contributed by atoms with Crippen molar-refractivity contribution in [1.82, 2.24) is 5.32 Å². The Kier molecular flexibility index (Phi) is 9.61. The maximum absolute atomic E-state index is 11.6. The van der Waals surface area contributed by atoms with Gasteiger partial charge in [0.25, 0.3) is 0 Å². The summed E-state index contributed by atoms with van der Waals surface area (Å²) in [6.07, 6.45) is -3.96. The third kappa shape index (κ3) is 7.46. The third-order valence-electron chi connectivity index (χ3n) is 6.02. The second-order valence-electron chi connectivity index (χ2n) is 8.79. The summed E-state index contributed by atoms with van der Waals surface area (Å²) in [7, 11) is 0. The maximum Gasteiger partial charge on any atom is 0.216 e. The second kappa shape index (κ2) is 13.3. The van der Waals surface area contributed by atoms with Crippen molar-refractivity contribution in [2.75, 3.05) is 6.54 Å². The van der Waals surface area contributed by atoms with E-state index in [0.717, 1.165) is 16.7 Å². The molecule has 1 amide bonds. The van der Waals surface area contributed by atoms with Crippen LogP contribution in [0.3, 0.4) is 0 Å². The van der Waals surface area contributed by atoms with Crippen molar-refractivity contribution < 1.29 is 28.8 Å². The topological polar surface area (TPSA) is 86.3 Å². The first-order chi connectivity index (χ1) is 17.6. The van der Waals surface area contributed by atoms with E-state index >= 15 is 0 Å². The summed E-state index contributed by atoms with van der Waals surface area (Å²) in [5, 5.41) is 13.7. The summed E-state index contributed by atoms with van der Waals surface area (Å²) in [6, 6.07) is 29.3. The molecule has 4 rings (SSSR count). The van der Waals surface area contributed by atoms with E-state index in [0.29, 0.717) is 13.2 Å². The van der Waals surface area contributed by atoms with Crippen LogP contribution in [-0.4, -0.2) is 48.3 Å². The summed E-state index contributed by atoms with van der Waals surface area (Å²) in [5.41, 5.74) is 2.94. The van der Waals surface area contributed by atoms with Crippen molar-refractivity contribution in [3.63, 3.8) is 0 Å². The Morgan fingerprint density at radius 3 is 1.58 bits per heavy atom. The highest BCUT2D eigenvalue weighted by Gasteiger charge is 2.47. The molecule has 0 spiro atoms. The molecule has 190 valence electrons. The number of hydrogen-bond donors (Lipinski definition) is 2. The lowest BCUT2D eigenvalue weighted by Gasteiger charge is -2.44. The summed E-state index contributed by atoms with van der Waals surface area (Å²) < 4.78 is 24.8. The Hall–Kier alpha value is -3.07. The van der Waals surface area contributed by atoms with E-state index in [4.69, 9.17) is 18.9 Å². The maximum atomic E-state index is 11.6. The molecule has 7 nitrogen and oxygen atoms in total. The van der Waals surface area contributed by atoms with Crippen molar-refractivity contribution >= 4 is 5.91 Å². The van der Waals surface area contributed by atoms with Crippen molar-refractivity contribution in [3.05, 3.63) is 108 Å². The van der Waals surface area contributed by atoms with E-state index in [-0.39, 0.29) is 19.1 Å². The normalized spacial score (nSPS) is 23.8. The molecule has 1 aliphatic rings. The van der Waals surface area contributed by atoms with Crippen LogP contribution >= 0.6 is 0 Å². The zero-order chi connectivity index (χ0) is 25.2. The van der Waals surface area contributed by atoms with Crippen LogP contribution in [-0.2, 0) is 43.6 Å². The highest BCUT2D eigenvalue weighted by atomic mass is 16.7. The number of hydrogen-bond acceptors (Lipinski definition) is 6. The highest BCUT2D eigenvalue weighted by Crippen LogP contribution is 2.29. The standard InChI is InChI=1S/C29H33NO6/c1-21(31)30-17-25-26(33-18-22-11-5-2-6-12-22)27(34-19-23-13-7-3-8-14-23)28(29(32)36-25)35-20-24-15-9-4-10-16-24/h2-16,25-29,32H,17-20H2,1H3,(H,30,31). The number of amides is 1. The van der Waals surface area contributed by atoms with E-state index < -0.39 is 30.7 Å². The molecule has 5 unspecified atom stereocenters. The van der Waals surface area contributed by atoms with Gasteiger partial charge in [-0.3, -0.25) is 4.79 Å². The lowest BCUT2D eigenvalue weighted by Crippen LogP contribution is -2.62. The first-order valence-electron chi connectivity index (χ1n) is 12.1. The molecule has 1 saturated heterocycles. The van der Waals surface area contributed by atoms with Gasteiger partial charge in [0.1, 0.15) is 24.4 Å². The van der Waals surface area contributed by atoms with Gasteiger partial charge >= 0.3 is 0 Å². The van der Waals surface area contributed by atoms with Gasteiger partial charge in [-0.25, -0.2) is 0 Å². The molecule has 0 aliphatic carbocycles. The third-order valence-corrected chi connectivity index (χ3v) is 6.02. The van der Waals surface area contributed by atoms with Gasteiger partial charge in [0.2, 0.25) is 5.91 Å². The van der Waals surface area contributed by atoms with E-state index in [1.807, 2.05) is 91.0 Å². The molecule has 2 N–H and O–H groups in total. The first kappa shape index (κ1) is 26.0. The number of nitrogens with one attached hydrogen (secondary N) is 1. The average molecular weight is 492 g/mol. The van der Waals surface area contributed by atoms with Gasteiger partial charge < -0.3 is 29.4 Å². The van der Waals surface area contributed by atoms with E-state index in [1.165, 1.54) is 6.92 Å². The molecule has 36 heavy (non-hydrogen) atoms. The van der Waals surface area contributed by atoms with Crippen molar-refractivity contribution in [3.8, 4) is 0 Å². The van der Waals surface area contributed by atoms with Gasteiger partial charge in [0.15, 0.2) is 6.29 Å². The molecular weight excluding hydrogens is 458 g/mol. The zero-order valence-corrected chi connectivity index (χ0v) is 20.4. The minimum absolute atomic E-state index is 0.169. The fraction of sp³-hybridized carbons (Fsp3) is 0.345. The van der Waals surface area contributed by atoms with Gasteiger partial charge in [-0.1, -0.05) is 91.0 Å². The van der Waals surface area contributed by atoms with Crippen molar-refractivity contribution in [2.24, 2.45) is 0 Å². The molecular formula is C29H33NO6. The number of ether oxygens (including phenoxy) is 4. The predicted octanol–water partition coefficient (Wildman–Crippen LogP) is 3.60. The number of rotatable bonds is 11. The largest absolute Gasteiger partial charge is 0.368 e. The fourth-order valence-corrected chi connectivity index (χ4v) is 4.17. The van der Waals surface area contributed by atoms with Crippen LogP contribution in [0, 0.1) is 0 Å². The van der Waals surface area contributed by atoms with E-state index in [9.17, 15) is 9.90 Å². The van der Waals surface area contributed by atoms with Gasteiger partial charge in [-0.05, 0) is 16.7 Å². The highest BCUT2D eigenvalue weighted by molar-refractivity contribution is 5.72. The van der Waals surface area contributed by atoms with Crippen LogP contribution in [0.4, 0.5) is 0 Å². The van der Waals surface area contributed by atoms with Crippen LogP contribution < -0.4 is 5.32 Å². The molecule has 7 heteroatoms. The second-order valence-corrected chi connectivity index (χ2v) is 8.79. The summed E-state index contributed by atoms with van der Waals surface area (Å²) >= 11 is 0. The molecule has 3 aromatic rings. The lowest BCUT2D eigenvalue weighted by molar-refractivity contribution is -0.310. The summed E-state index contributed by atoms with van der Waals surface area (Å²) in [6.45, 7) is 2.51. The van der Waals surface area contributed by atoms with Crippen LogP contribution in [0.2, 0.25) is 0 Å². The summed E-state index contributed by atoms with van der Waals surface area (Å²) in [5.74, 6) is -0.195. The van der Waals surface area contributed by atoms with Crippen LogP contribution in [0.5, 0.6) is 0 Å². The van der Waals surface area contributed by atoms with Crippen LogP contribution in [0.25, 0.3) is 0 Å². The minimum Gasteiger partial charge on any atom is -0.368 e. The smallest absolute Gasteiger partial charge is 0.216 e. The van der Waals surface area contributed by atoms with Gasteiger partial charge in [-0.15, -0.1) is 0 Å². The average Bonchev–Trinajstić information content (AvgIpc) is 2.91. The number of benzene rings is 3. The van der Waals surface area contributed by atoms with Crippen LogP contribution in [0.1, 0.15) is 23.6 Å². The Morgan fingerprint density at radius 1 is 0.722 bits per heavy atom. The number of carbonyl (C=O) groups is 1. The van der Waals surface area contributed by atoms with E-state index in [2.05, 4.69) is 5.32 Å². The van der Waals surface area contributed by atoms with Gasteiger partial charge in [0.05, 0.1) is 19.8 Å².